The number of rotatable bonds is 7. The number of guanidine groups is 1. The van der Waals surface area contributed by atoms with Crippen molar-refractivity contribution >= 4 is 35.8 Å². The number of likely N-dealkylation sites (tertiary alicyclic amines) is 1. The van der Waals surface area contributed by atoms with Crippen LogP contribution in [0.4, 0.5) is 0 Å². The first kappa shape index (κ1) is 22.5. The van der Waals surface area contributed by atoms with Gasteiger partial charge in [-0.25, -0.2) is 0 Å². The van der Waals surface area contributed by atoms with Gasteiger partial charge < -0.3 is 20.3 Å². The van der Waals surface area contributed by atoms with E-state index in [1.807, 2.05) is 37.4 Å². The van der Waals surface area contributed by atoms with Gasteiger partial charge in [-0.1, -0.05) is 18.2 Å². The summed E-state index contributed by atoms with van der Waals surface area (Å²) < 4.78 is 5.70. The molecule has 0 atom stereocenters. The Kier molecular flexibility index (Phi) is 11.1. The number of piperidine rings is 1. The molecule has 1 aliphatic heterocycles. The molecular formula is C19H31IN4O2. The third-order valence-electron chi connectivity index (χ3n) is 4.49. The first-order valence-corrected chi connectivity index (χ1v) is 9.07. The second-order valence-electron chi connectivity index (χ2n) is 6.30. The minimum Gasteiger partial charge on any atom is -0.494 e. The Morgan fingerprint density at radius 2 is 1.96 bits per heavy atom. The van der Waals surface area contributed by atoms with Crippen LogP contribution in [0.3, 0.4) is 0 Å². The van der Waals surface area contributed by atoms with Crippen molar-refractivity contribution in [3.8, 4) is 5.75 Å². The molecule has 0 saturated carbocycles. The highest BCUT2D eigenvalue weighted by atomic mass is 127. The molecule has 0 aromatic heterocycles. The van der Waals surface area contributed by atoms with Gasteiger partial charge in [0.25, 0.3) is 0 Å². The molecule has 1 saturated heterocycles. The summed E-state index contributed by atoms with van der Waals surface area (Å²) in [5.41, 5.74) is 0. The number of aliphatic imine (C=N–C) groups is 1. The van der Waals surface area contributed by atoms with Crippen molar-refractivity contribution in [1.29, 1.82) is 0 Å². The second-order valence-corrected chi connectivity index (χ2v) is 6.30. The highest BCUT2D eigenvalue weighted by Crippen LogP contribution is 2.20. The van der Waals surface area contributed by atoms with E-state index in [0.717, 1.165) is 50.6 Å². The van der Waals surface area contributed by atoms with Crippen molar-refractivity contribution in [3.63, 3.8) is 0 Å². The summed E-state index contributed by atoms with van der Waals surface area (Å²) in [6.45, 7) is 3.41. The molecule has 1 aromatic carbocycles. The number of nitrogens with one attached hydrogen (secondary N) is 2. The fourth-order valence-corrected chi connectivity index (χ4v) is 3.02. The molecule has 0 bridgehead atoms. The van der Waals surface area contributed by atoms with E-state index in [0.29, 0.717) is 18.9 Å². The van der Waals surface area contributed by atoms with Crippen LogP contribution in [0.1, 0.15) is 25.7 Å². The van der Waals surface area contributed by atoms with Gasteiger partial charge >= 0.3 is 0 Å². The molecule has 146 valence electrons. The Morgan fingerprint density at radius 3 is 2.58 bits per heavy atom. The number of amides is 1. The monoisotopic (exact) mass is 474 g/mol. The number of benzene rings is 1. The van der Waals surface area contributed by atoms with Crippen molar-refractivity contribution in [2.24, 2.45) is 10.9 Å². The summed E-state index contributed by atoms with van der Waals surface area (Å²) in [7, 11) is 3.52. The van der Waals surface area contributed by atoms with Crippen LogP contribution in [0.2, 0.25) is 0 Å². The molecule has 1 amide bonds. The Morgan fingerprint density at radius 1 is 1.27 bits per heavy atom. The van der Waals surface area contributed by atoms with Crippen LogP contribution < -0.4 is 15.4 Å². The van der Waals surface area contributed by atoms with Gasteiger partial charge in [0.05, 0.1) is 6.61 Å². The van der Waals surface area contributed by atoms with Crippen molar-refractivity contribution in [3.05, 3.63) is 30.3 Å². The lowest BCUT2D eigenvalue weighted by molar-refractivity contribution is -0.121. The molecule has 2 rings (SSSR count). The van der Waals surface area contributed by atoms with Gasteiger partial charge in [-0.3, -0.25) is 9.79 Å². The number of ether oxygens (including phenoxy) is 1. The van der Waals surface area contributed by atoms with Crippen LogP contribution in [-0.4, -0.2) is 57.1 Å². The van der Waals surface area contributed by atoms with Crippen LogP contribution in [0, 0.1) is 5.92 Å². The summed E-state index contributed by atoms with van der Waals surface area (Å²) in [6, 6.07) is 9.87. The highest BCUT2D eigenvalue weighted by molar-refractivity contribution is 14.0. The number of para-hydroxylation sites is 1. The lowest BCUT2D eigenvalue weighted by Gasteiger charge is -2.34. The quantitative estimate of drug-likeness (QED) is 0.276. The summed E-state index contributed by atoms with van der Waals surface area (Å²) >= 11 is 0. The van der Waals surface area contributed by atoms with E-state index in [-0.39, 0.29) is 29.9 Å². The average Bonchev–Trinajstić information content (AvgIpc) is 2.66. The lowest BCUT2D eigenvalue weighted by atomic mass is 9.93. The summed E-state index contributed by atoms with van der Waals surface area (Å²) in [5, 5.41) is 6.12. The van der Waals surface area contributed by atoms with E-state index >= 15 is 0 Å². The van der Waals surface area contributed by atoms with E-state index in [1.165, 1.54) is 0 Å². The molecule has 0 unspecified atom stereocenters. The smallest absolute Gasteiger partial charge is 0.220 e. The molecule has 1 aliphatic rings. The zero-order valence-electron chi connectivity index (χ0n) is 15.7. The van der Waals surface area contributed by atoms with Crippen molar-refractivity contribution in [2.45, 2.75) is 25.7 Å². The van der Waals surface area contributed by atoms with Crippen molar-refractivity contribution in [2.75, 3.05) is 40.3 Å². The average molecular weight is 474 g/mol. The minimum absolute atomic E-state index is 0. The number of hydrogen-bond donors (Lipinski definition) is 2. The van der Waals surface area contributed by atoms with Crippen LogP contribution >= 0.6 is 24.0 Å². The summed E-state index contributed by atoms with van der Waals surface area (Å²) in [6.07, 6.45) is 3.62. The third kappa shape index (κ3) is 7.80. The Bertz CT molecular complexity index is 546. The zero-order chi connectivity index (χ0) is 17.9. The van der Waals surface area contributed by atoms with Gasteiger partial charge in [-0.2, -0.15) is 0 Å². The first-order valence-electron chi connectivity index (χ1n) is 9.07. The van der Waals surface area contributed by atoms with E-state index in [2.05, 4.69) is 20.5 Å². The van der Waals surface area contributed by atoms with E-state index < -0.39 is 0 Å². The molecule has 1 fully saturated rings. The van der Waals surface area contributed by atoms with E-state index in [4.69, 9.17) is 4.74 Å². The Balaban J connectivity index is 0.00000338. The predicted molar refractivity (Wildman–Crippen MR) is 116 cm³/mol. The van der Waals surface area contributed by atoms with E-state index in [9.17, 15) is 4.79 Å². The van der Waals surface area contributed by atoms with Gasteiger partial charge in [0, 0.05) is 40.2 Å². The Labute approximate surface area is 173 Å². The van der Waals surface area contributed by atoms with Gasteiger partial charge in [0.15, 0.2) is 5.96 Å². The molecule has 2 N–H and O–H groups in total. The SMILES string of the molecule is CN=C(NCCCOc1ccccc1)N1CCC(CC(=O)NC)CC1.I. The highest BCUT2D eigenvalue weighted by Gasteiger charge is 2.22. The predicted octanol–water partition coefficient (Wildman–Crippen LogP) is 2.50. The fraction of sp³-hybridized carbons (Fsp3) is 0.579. The molecule has 26 heavy (non-hydrogen) atoms. The normalized spacial score (nSPS) is 15.2. The van der Waals surface area contributed by atoms with Crippen molar-refractivity contribution < 1.29 is 9.53 Å². The first-order chi connectivity index (χ1) is 12.2. The molecule has 0 aliphatic carbocycles. The maximum atomic E-state index is 11.5. The maximum absolute atomic E-state index is 11.5. The largest absolute Gasteiger partial charge is 0.494 e. The van der Waals surface area contributed by atoms with Crippen LogP contribution in [0.15, 0.2) is 35.3 Å². The summed E-state index contributed by atoms with van der Waals surface area (Å²) in [4.78, 5) is 18.1. The summed E-state index contributed by atoms with van der Waals surface area (Å²) in [5.74, 6) is 2.47. The standard InChI is InChI=1S/C19H30N4O2.HI/c1-20-18(24)15-16-9-12-23(13-10-16)19(21-2)22-11-6-14-25-17-7-4-3-5-8-17;/h3-5,7-8,16H,6,9-15H2,1-2H3,(H,20,24)(H,21,22);1H. The molecule has 0 radical (unpaired) electrons. The third-order valence-corrected chi connectivity index (χ3v) is 4.49. The van der Waals surface area contributed by atoms with Gasteiger partial charge in [-0.05, 0) is 37.3 Å². The maximum Gasteiger partial charge on any atom is 0.220 e. The number of hydrogen-bond acceptors (Lipinski definition) is 3. The fourth-order valence-electron chi connectivity index (χ4n) is 3.02. The van der Waals surface area contributed by atoms with Crippen LogP contribution in [0.5, 0.6) is 5.75 Å². The molecular weight excluding hydrogens is 443 g/mol. The number of nitrogens with zero attached hydrogens (tertiary/aromatic N) is 2. The molecule has 6 nitrogen and oxygen atoms in total. The molecule has 1 aromatic rings. The van der Waals surface area contributed by atoms with E-state index in [1.54, 1.807) is 7.05 Å². The molecule has 1 heterocycles. The minimum atomic E-state index is 0. The number of carbonyl (C=O) groups excluding carboxylic acids is 1. The van der Waals surface area contributed by atoms with Crippen LogP contribution in [-0.2, 0) is 4.79 Å². The number of carbonyl (C=O) groups is 1. The van der Waals surface area contributed by atoms with Crippen molar-refractivity contribution in [1.82, 2.24) is 15.5 Å². The second kappa shape index (κ2) is 12.8. The van der Waals surface area contributed by atoms with Gasteiger partial charge in [0.1, 0.15) is 5.75 Å². The molecule has 0 spiro atoms. The Hall–Kier alpha value is -1.51. The van der Waals surface area contributed by atoms with Crippen LogP contribution in [0.25, 0.3) is 0 Å². The lowest BCUT2D eigenvalue weighted by Crippen LogP contribution is -2.46. The van der Waals surface area contributed by atoms with Gasteiger partial charge in [0.2, 0.25) is 5.91 Å². The topological polar surface area (TPSA) is 66.0 Å². The van der Waals surface area contributed by atoms with Gasteiger partial charge in [-0.15, -0.1) is 24.0 Å². The zero-order valence-corrected chi connectivity index (χ0v) is 18.1. The number of halogens is 1. The molecule has 7 heteroatoms.